The maximum Gasteiger partial charge on any atom is 0.261 e. The Labute approximate surface area is 119 Å². The van der Waals surface area contributed by atoms with Crippen molar-refractivity contribution >= 4 is 5.91 Å². The Morgan fingerprint density at radius 1 is 1.65 bits per heavy atom. The smallest absolute Gasteiger partial charge is 0.261 e. The Morgan fingerprint density at radius 3 is 3.20 bits per heavy atom. The fraction of sp³-hybridized carbons (Fsp3) is 0.438. The molecule has 0 radical (unpaired) electrons. The summed E-state index contributed by atoms with van der Waals surface area (Å²) in [7, 11) is 0. The molecule has 0 aliphatic heterocycles. The van der Waals surface area contributed by atoms with Gasteiger partial charge in [0.15, 0.2) is 6.10 Å². The van der Waals surface area contributed by atoms with Crippen molar-refractivity contribution in [1.29, 1.82) is 0 Å². The highest BCUT2D eigenvalue weighted by molar-refractivity contribution is 5.81. The molecule has 1 aromatic rings. The van der Waals surface area contributed by atoms with Gasteiger partial charge >= 0.3 is 0 Å². The Morgan fingerprint density at radius 2 is 2.45 bits per heavy atom. The van der Waals surface area contributed by atoms with Crippen molar-refractivity contribution in [3.05, 3.63) is 29.3 Å². The minimum atomic E-state index is -0.617. The van der Waals surface area contributed by atoms with E-state index in [-0.39, 0.29) is 12.5 Å². The van der Waals surface area contributed by atoms with Crippen molar-refractivity contribution in [2.75, 3.05) is 6.54 Å². The Kier molecular flexibility index (Phi) is 4.65. The Balaban J connectivity index is 2.12. The van der Waals surface area contributed by atoms with Gasteiger partial charge in [0.25, 0.3) is 5.91 Å². The summed E-state index contributed by atoms with van der Waals surface area (Å²) < 4.78 is 5.73. The van der Waals surface area contributed by atoms with Gasteiger partial charge in [-0.2, -0.15) is 0 Å². The zero-order valence-corrected chi connectivity index (χ0v) is 11.6. The molecule has 2 N–H and O–H groups in total. The van der Waals surface area contributed by atoms with Crippen LogP contribution in [0.3, 0.4) is 0 Å². The summed E-state index contributed by atoms with van der Waals surface area (Å²) >= 11 is 0. The number of aliphatic hydroxyl groups is 1. The van der Waals surface area contributed by atoms with E-state index in [9.17, 15) is 9.90 Å². The highest BCUT2D eigenvalue weighted by Crippen LogP contribution is 2.35. The standard InChI is InChI=1S/C16H19NO3/c1-3-10-17-16(19)11(2)20-15-9-5-6-12-13(15)7-4-8-14(12)18/h1,5-6,9,11,14,18H,4,7-8,10H2,2H3,(H,17,19). The van der Waals surface area contributed by atoms with Crippen LogP contribution in [0.5, 0.6) is 5.75 Å². The lowest BCUT2D eigenvalue weighted by Crippen LogP contribution is -2.36. The van der Waals surface area contributed by atoms with Crippen molar-refractivity contribution in [2.45, 2.75) is 38.4 Å². The monoisotopic (exact) mass is 273 g/mol. The van der Waals surface area contributed by atoms with Crippen molar-refractivity contribution in [3.8, 4) is 18.1 Å². The van der Waals surface area contributed by atoms with Gasteiger partial charge in [-0.25, -0.2) is 0 Å². The summed E-state index contributed by atoms with van der Waals surface area (Å²) in [6.45, 7) is 1.88. The van der Waals surface area contributed by atoms with Crippen LogP contribution in [-0.2, 0) is 11.2 Å². The van der Waals surface area contributed by atoms with E-state index in [1.807, 2.05) is 18.2 Å². The maximum atomic E-state index is 11.8. The summed E-state index contributed by atoms with van der Waals surface area (Å²) in [6, 6.07) is 5.59. The SMILES string of the molecule is C#CCNC(=O)C(C)Oc1cccc2c1CCCC2O. The van der Waals surface area contributed by atoms with Crippen LogP contribution in [0, 0.1) is 12.3 Å². The molecule has 20 heavy (non-hydrogen) atoms. The minimum Gasteiger partial charge on any atom is -0.481 e. The number of hydrogen-bond acceptors (Lipinski definition) is 3. The number of rotatable bonds is 4. The molecule has 0 heterocycles. The molecular formula is C16H19NO3. The van der Waals surface area contributed by atoms with E-state index in [2.05, 4.69) is 11.2 Å². The molecule has 1 aromatic carbocycles. The summed E-state index contributed by atoms with van der Waals surface area (Å²) in [5.74, 6) is 2.78. The van der Waals surface area contributed by atoms with Crippen LogP contribution in [0.4, 0.5) is 0 Å². The van der Waals surface area contributed by atoms with Gasteiger partial charge in [0.1, 0.15) is 5.75 Å². The van der Waals surface area contributed by atoms with Crippen LogP contribution < -0.4 is 10.1 Å². The van der Waals surface area contributed by atoms with Gasteiger partial charge in [-0.1, -0.05) is 18.1 Å². The zero-order valence-electron chi connectivity index (χ0n) is 11.6. The largest absolute Gasteiger partial charge is 0.481 e. The molecule has 1 aliphatic carbocycles. The molecular weight excluding hydrogens is 254 g/mol. The Bertz CT molecular complexity index is 533. The van der Waals surface area contributed by atoms with Gasteiger partial charge in [-0.3, -0.25) is 4.79 Å². The molecule has 2 atom stereocenters. The van der Waals surface area contributed by atoms with Crippen LogP contribution in [0.15, 0.2) is 18.2 Å². The summed E-state index contributed by atoms with van der Waals surface area (Å²) in [5.41, 5.74) is 1.91. The maximum absolute atomic E-state index is 11.8. The van der Waals surface area contributed by atoms with Gasteiger partial charge in [-0.15, -0.1) is 6.42 Å². The van der Waals surface area contributed by atoms with E-state index in [0.717, 1.165) is 30.4 Å². The number of nitrogens with one attached hydrogen (secondary N) is 1. The molecule has 0 fully saturated rings. The van der Waals surface area contributed by atoms with Crippen LogP contribution in [0.25, 0.3) is 0 Å². The number of hydrogen-bond donors (Lipinski definition) is 2. The Hall–Kier alpha value is -1.99. The number of carbonyl (C=O) groups excluding carboxylic acids is 1. The lowest BCUT2D eigenvalue weighted by atomic mass is 9.89. The number of amides is 1. The summed E-state index contributed by atoms with van der Waals surface area (Å²) in [5, 5.41) is 12.6. The first-order valence-corrected chi connectivity index (χ1v) is 6.81. The van der Waals surface area contributed by atoms with Gasteiger partial charge < -0.3 is 15.2 Å². The molecule has 2 unspecified atom stereocenters. The van der Waals surface area contributed by atoms with Crippen LogP contribution >= 0.6 is 0 Å². The minimum absolute atomic E-state index is 0.193. The van der Waals surface area contributed by atoms with Crippen molar-refractivity contribution in [3.63, 3.8) is 0 Å². The third kappa shape index (κ3) is 3.12. The number of fused-ring (bicyclic) bond motifs is 1. The van der Waals surface area contributed by atoms with Gasteiger partial charge in [0, 0.05) is 0 Å². The van der Waals surface area contributed by atoms with Gasteiger partial charge in [0.05, 0.1) is 12.6 Å². The normalized spacial score (nSPS) is 18.6. The molecule has 2 rings (SSSR count). The third-order valence-corrected chi connectivity index (χ3v) is 3.47. The average Bonchev–Trinajstić information content (AvgIpc) is 2.45. The molecule has 0 aromatic heterocycles. The molecule has 0 spiro atoms. The second-order valence-corrected chi connectivity index (χ2v) is 4.91. The molecule has 0 saturated heterocycles. The zero-order chi connectivity index (χ0) is 14.5. The van der Waals surface area contributed by atoms with Crippen molar-refractivity contribution < 1.29 is 14.6 Å². The predicted molar refractivity (Wildman–Crippen MR) is 76.3 cm³/mol. The van der Waals surface area contributed by atoms with Crippen molar-refractivity contribution in [2.24, 2.45) is 0 Å². The lowest BCUT2D eigenvalue weighted by Gasteiger charge is -2.25. The fourth-order valence-electron chi connectivity index (χ4n) is 2.43. The van der Waals surface area contributed by atoms with E-state index < -0.39 is 12.2 Å². The predicted octanol–water partition coefficient (Wildman–Crippen LogP) is 1.57. The van der Waals surface area contributed by atoms with Crippen molar-refractivity contribution in [1.82, 2.24) is 5.32 Å². The molecule has 1 aliphatic rings. The topological polar surface area (TPSA) is 58.6 Å². The highest BCUT2D eigenvalue weighted by Gasteiger charge is 2.23. The molecule has 106 valence electrons. The van der Waals surface area contributed by atoms with Crippen LogP contribution in [0.1, 0.15) is 37.0 Å². The summed E-state index contributed by atoms with van der Waals surface area (Å²) in [6.07, 6.45) is 6.61. The van der Waals surface area contributed by atoms with E-state index in [0.29, 0.717) is 5.75 Å². The van der Waals surface area contributed by atoms with E-state index >= 15 is 0 Å². The van der Waals surface area contributed by atoms with E-state index in [1.165, 1.54) is 0 Å². The molecule has 4 nitrogen and oxygen atoms in total. The summed E-state index contributed by atoms with van der Waals surface area (Å²) in [4.78, 5) is 11.8. The van der Waals surface area contributed by atoms with E-state index in [4.69, 9.17) is 11.2 Å². The number of carbonyl (C=O) groups is 1. The average molecular weight is 273 g/mol. The quantitative estimate of drug-likeness (QED) is 0.819. The second kappa shape index (κ2) is 6.44. The fourth-order valence-corrected chi connectivity index (χ4v) is 2.43. The lowest BCUT2D eigenvalue weighted by molar-refractivity contribution is -0.127. The first-order chi connectivity index (χ1) is 9.63. The third-order valence-electron chi connectivity index (χ3n) is 3.47. The highest BCUT2D eigenvalue weighted by atomic mass is 16.5. The number of terminal acetylenes is 1. The molecule has 0 bridgehead atoms. The molecule has 4 heteroatoms. The number of aliphatic hydroxyl groups excluding tert-OH is 1. The first-order valence-electron chi connectivity index (χ1n) is 6.81. The van der Waals surface area contributed by atoms with Gasteiger partial charge in [0.2, 0.25) is 0 Å². The van der Waals surface area contributed by atoms with Crippen LogP contribution in [-0.4, -0.2) is 23.7 Å². The number of ether oxygens (including phenoxy) is 1. The molecule has 0 saturated carbocycles. The van der Waals surface area contributed by atoms with E-state index in [1.54, 1.807) is 6.92 Å². The first kappa shape index (κ1) is 14.4. The second-order valence-electron chi connectivity index (χ2n) is 4.91. The number of benzene rings is 1. The van der Waals surface area contributed by atoms with Gasteiger partial charge in [-0.05, 0) is 43.4 Å². The van der Waals surface area contributed by atoms with Crippen LogP contribution in [0.2, 0.25) is 0 Å². The molecule has 1 amide bonds.